The van der Waals surface area contributed by atoms with E-state index in [1.165, 1.54) is 17.0 Å². The lowest BCUT2D eigenvalue weighted by Crippen LogP contribution is -2.51. The molecular formula is C28H31BrClN3O4S. The Morgan fingerprint density at radius 3 is 2.34 bits per heavy atom. The maximum atomic E-state index is 13.9. The Bertz CT molecular complexity index is 1350. The smallest absolute Gasteiger partial charge is 0.264 e. The van der Waals surface area contributed by atoms with Crippen molar-refractivity contribution < 1.29 is 18.0 Å². The van der Waals surface area contributed by atoms with Gasteiger partial charge in [-0.05, 0) is 55.3 Å². The van der Waals surface area contributed by atoms with E-state index in [0.29, 0.717) is 27.3 Å². The van der Waals surface area contributed by atoms with E-state index in [-0.39, 0.29) is 17.3 Å². The first kappa shape index (κ1) is 29.7. The van der Waals surface area contributed by atoms with Crippen LogP contribution in [0.4, 0.5) is 5.69 Å². The number of benzene rings is 3. The van der Waals surface area contributed by atoms with Crippen LogP contribution in [0.5, 0.6) is 0 Å². The minimum Gasteiger partial charge on any atom is -0.354 e. The maximum Gasteiger partial charge on any atom is 0.264 e. The van der Waals surface area contributed by atoms with E-state index in [1.807, 2.05) is 6.92 Å². The van der Waals surface area contributed by atoms with Gasteiger partial charge in [-0.3, -0.25) is 13.9 Å². The molecule has 202 valence electrons. The van der Waals surface area contributed by atoms with Gasteiger partial charge in [0.15, 0.2) is 0 Å². The fourth-order valence-electron chi connectivity index (χ4n) is 3.81. The average Bonchev–Trinajstić information content (AvgIpc) is 2.91. The van der Waals surface area contributed by atoms with E-state index in [4.69, 9.17) is 11.6 Å². The van der Waals surface area contributed by atoms with Crippen molar-refractivity contribution >= 4 is 55.1 Å². The van der Waals surface area contributed by atoms with Gasteiger partial charge >= 0.3 is 0 Å². The van der Waals surface area contributed by atoms with Crippen LogP contribution in [0.25, 0.3) is 0 Å². The van der Waals surface area contributed by atoms with Gasteiger partial charge < -0.3 is 10.2 Å². The van der Waals surface area contributed by atoms with Crippen LogP contribution < -0.4 is 9.62 Å². The Morgan fingerprint density at radius 1 is 1.00 bits per heavy atom. The van der Waals surface area contributed by atoms with Crippen LogP contribution in [-0.4, -0.2) is 44.3 Å². The first-order valence-electron chi connectivity index (χ1n) is 12.3. The standard InChI is InChI=1S/C28H31BrClN3O4S/c1-3-4-17-31-28(35)21(2)32(19-22-11-8-9-16-26(22)30)27(34)20-33(24-13-10-12-23(29)18-24)38(36,37)25-14-6-5-7-15-25/h5-16,18,21H,3-4,17,19-20H2,1-2H3,(H,31,35). The molecule has 38 heavy (non-hydrogen) atoms. The van der Waals surface area contributed by atoms with Gasteiger partial charge in [-0.1, -0.05) is 83.3 Å². The summed E-state index contributed by atoms with van der Waals surface area (Å²) in [5, 5.41) is 3.31. The average molecular weight is 621 g/mol. The lowest BCUT2D eigenvalue weighted by Gasteiger charge is -2.32. The molecule has 0 aromatic heterocycles. The normalized spacial score (nSPS) is 12.0. The molecule has 0 aliphatic carbocycles. The molecule has 0 heterocycles. The van der Waals surface area contributed by atoms with Gasteiger partial charge in [0, 0.05) is 22.6 Å². The van der Waals surface area contributed by atoms with Crippen LogP contribution in [0.2, 0.25) is 5.02 Å². The molecule has 7 nitrogen and oxygen atoms in total. The number of amides is 2. The number of hydrogen-bond acceptors (Lipinski definition) is 4. The molecule has 0 spiro atoms. The van der Waals surface area contributed by atoms with Crippen LogP contribution >= 0.6 is 27.5 Å². The lowest BCUT2D eigenvalue weighted by molar-refractivity contribution is -0.139. The molecule has 0 aliphatic rings. The summed E-state index contributed by atoms with van der Waals surface area (Å²) in [6, 6.07) is 20.8. The summed E-state index contributed by atoms with van der Waals surface area (Å²) < 4.78 is 29.2. The molecule has 1 unspecified atom stereocenters. The highest BCUT2D eigenvalue weighted by molar-refractivity contribution is 9.10. The summed E-state index contributed by atoms with van der Waals surface area (Å²) in [6.45, 7) is 3.67. The Morgan fingerprint density at radius 2 is 1.68 bits per heavy atom. The molecule has 0 aliphatic heterocycles. The van der Waals surface area contributed by atoms with Crippen molar-refractivity contribution in [3.63, 3.8) is 0 Å². The van der Waals surface area contributed by atoms with E-state index in [9.17, 15) is 18.0 Å². The van der Waals surface area contributed by atoms with E-state index in [0.717, 1.165) is 17.1 Å². The van der Waals surface area contributed by atoms with Crippen molar-refractivity contribution in [1.29, 1.82) is 0 Å². The molecule has 3 rings (SSSR count). The minimum atomic E-state index is -4.11. The molecular weight excluding hydrogens is 590 g/mol. The first-order valence-corrected chi connectivity index (χ1v) is 14.9. The molecule has 0 fully saturated rings. The van der Waals surface area contributed by atoms with Gasteiger partial charge in [-0.2, -0.15) is 0 Å². The van der Waals surface area contributed by atoms with Gasteiger partial charge in [0.1, 0.15) is 12.6 Å². The SMILES string of the molecule is CCCCNC(=O)C(C)N(Cc1ccccc1Cl)C(=O)CN(c1cccc(Br)c1)S(=O)(=O)c1ccccc1. The molecule has 0 radical (unpaired) electrons. The molecule has 0 saturated heterocycles. The van der Waals surface area contributed by atoms with Gasteiger partial charge in [0.05, 0.1) is 10.6 Å². The minimum absolute atomic E-state index is 0.0403. The summed E-state index contributed by atoms with van der Waals surface area (Å²) in [5.74, 6) is -0.860. The fourth-order valence-corrected chi connectivity index (χ4v) is 5.82. The highest BCUT2D eigenvalue weighted by Crippen LogP contribution is 2.27. The van der Waals surface area contributed by atoms with E-state index >= 15 is 0 Å². The first-order chi connectivity index (χ1) is 18.1. The topological polar surface area (TPSA) is 86.8 Å². The van der Waals surface area contributed by atoms with Gasteiger partial charge in [-0.25, -0.2) is 8.42 Å². The number of unbranched alkanes of at least 4 members (excludes halogenated alkanes) is 1. The number of hydrogen-bond donors (Lipinski definition) is 1. The highest BCUT2D eigenvalue weighted by Gasteiger charge is 2.32. The van der Waals surface area contributed by atoms with Crippen molar-refractivity contribution in [2.75, 3.05) is 17.4 Å². The number of carbonyl (C=O) groups is 2. The van der Waals surface area contributed by atoms with Crippen LogP contribution in [-0.2, 0) is 26.2 Å². The van der Waals surface area contributed by atoms with Crippen LogP contribution in [0, 0.1) is 0 Å². The van der Waals surface area contributed by atoms with Crippen molar-refractivity contribution in [3.8, 4) is 0 Å². The van der Waals surface area contributed by atoms with E-state index < -0.39 is 28.5 Å². The number of carbonyl (C=O) groups excluding carboxylic acids is 2. The summed E-state index contributed by atoms with van der Waals surface area (Å²) in [6.07, 6.45) is 1.72. The van der Waals surface area contributed by atoms with Crippen molar-refractivity contribution in [1.82, 2.24) is 10.2 Å². The van der Waals surface area contributed by atoms with Crippen molar-refractivity contribution in [2.45, 2.75) is 44.2 Å². The third-order valence-electron chi connectivity index (χ3n) is 6.00. The third-order valence-corrected chi connectivity index (χ3v) is 8.65. The monoisotopic (exact) mass is 619 g/mol. The number of nitrogens with one attached hydrogen (secondary N) is 1. The van der Waals surface area contributed by atoms with Crippen LogP contribution in [0.3, 0.4) is 0 Å². The van der Waals surface area contributed by atoms with Crippen molar-refractivity contribution in [3.05, 3.63) is 93.9 Å². The summed E-state index contributed by atoms with van der Waals surface area (Å²) in [7, 11) is -4.11. The largest absolute Gasteiger partial charge is 0.354 e. The fraction of sp³-hybridized carbons (Fsp3) is 0.286. The van der Waals surface area contributed by atoms with Gasteiger partial charge in [-0.15, -0.1) is 0 Å². The van der Waals surface area contributed by atoms with E-state index in [2.05, 4.69) is 21.2 Å². The van der Waals surface area contributed by atoms with Crippen molar-refractivity contribution in [2.24, 2.45) is 0 Å². The van der Waals surface area contributed by atoms with Crippen LogP contribution in [0.15, 0.2) is 88.2 Å². The molecule has 1 N–H and O–H groups in total. The maximum absolute atomic E-state index is 13.9. The summed E-state index contributed by atoms with van der Waals surface area (Å²) in [4.78, 5) is 28.3. The number of anilines is 1. The number of rotatable bonds is 12. The second-order valence-corrected chi connectivity index (χ2v) is 11.9. The Kier molecular flexibility index (Phi) is 10.8. The highest BCUT2D eigenvalue weighted by atomic mass is 79.9. The van der Waals surface area contributed by atoms with Gasteiger partial charge in [0.25, 0.3) is 10.0 Å². The molecule has 0 saturated carbocycles. The summed E-state index contributed by atoms with van der Waals surface area (Å²) in [5.41, 5.74) is 0.963. The second-order valence-electron chi connectivity index (χ2n) is 8.74. The van der Waals surface area contributed by atoms with Crippen LogP contribution in [0.1, 0.15) is 32.3 Å². The zero-order chi connectivity index (χ0) is 27.7. The Balaban J connectivity index is 2.00. The molecule has 1 atom stereocenters. The Labute approximate surface area is 238 Å². The third kappa shape index (κ3) is 7.58. The van der Waals surface area contributed by atoms with Gasteiger partial charge in [0.2, 0.25) is 11.8 Å². The molecule has 10 heteroatoms. The molecule has 3 aromatic rings. The quantitative estimate of drug-likeness (QED) is 0.266. The Hall–Kier alpha value is -2.88. The molecule has 3 aromatic carbocycles. The zero-order valence-electron chi connectivity index (χ0n) is 21.3. The number of halogens is 2. The predicted molar refractivity (Wildman–Crippen MR) is 154 cm³/mol. The molecule has 2 amide bonds. The summed E-state index contributed by atoms with van der Waals surface area (Å²) >= 11 is 9.77. The predicted octanol–water partition coefficient (Wildman–Crippen LogP) is 5.63. The second kappa shape index (κ2) is 13.8. The van der Waals surface area contributed by atoms with E-state index in [1.54, 1.807) is 73.7 Å². The zero-order valence-corrected chi connectivity index (χ0v) is 24.5. The molecule has 0 bridgehead atoms. The number of sulfonamides is 1. The lowest BCUT2D eigenvalue weighted by atomic mass is 10.1. The number of nitrogens with zero attached hydrogens (tertiary/aromatic N) is 2.